The van der Waals surface area contributed by atoms with Crippen molar-refractivity contribution in [3.63, 3.8) is 0 Å². The summed E-state index contributed by atoms with van der Waals surface area (Å²) in [5.74, 6) is 0. The number of tetrazole rings is 1. The zero-order chi connectivity index (χ0) is 10.7. The first kappa shape index (κ1) is 9.97. The second-order valence-corrected chi connectivity index (χ2v) is 3.50. The molecule has 1 N–H and O–H groups in total. The molecule has 0 saturated carbocycles. The molecule has 2 heterocycles. The fourth-order valence-electron chi connectivity index (χ4n) is 1.40. The summed E-state index contributed by atoms with van der Waals surface area (Å²) < 4.78 is 2.14. The minimum absolute atomic E-state index is 0.447. The van der Waals surface area contributed by atoms with E-state index in [9.17, 15) is 0 Å². The molecule has 0 amide bonds. The minimum Gasteiger partial charge on any atom is -0.259 e. The van der Waals surface area contributed by atoms with Crippen molar-refractivity contribution in [1.29, 1.82) is 0 Å². The van der Waals surface area contributed by atoms with Crippen molar-refractivity contribution in [2.45, 2.75) is 19.9 Å². The molecule has 0 bridgehead atoms. The molecule has 0 radical (unpaired) electrons. The predicted octanol–water partition coefficient (Wildman–Crippen LogP) is 1.34. The third kappa shape index (κ3) is 2.10. The number of nitrogens with zero attached hydrogens (tertiary/aromatic N) is 4. The Bertz CT molecular complexity index is 501. The second-order valence-electron chi connectivity index (χ2n) is 3.13. The molecule has 6 heteroatoms. The van der Waals surface area contributed by atoms with Crippen molar-refractivity contribution in [3.05, 3.63) is 34.4 Å². The van der Waals surface area contributed by atoms with Crippen LogP contribution in [0.5, 0.6) is 0 Å². The smallest absolute Gasteiger partial charge is 0.238 e. The van der Waals surface area contributed by atoms with Gasteiger partial charge in [0.1, 0.15) is 0 Å². The van der Waals surface area contributed by atoms with Gasteiger partial charge in [-0.2, -0.15) is 5.21 Å². The zero-order valence-electron chi connectivity index (χ0n) is 8.34. The summed E-state index contributed by atoms with van der Waals surface area (Å²) in [6.07, 6.45) is 2.74. The van der Waals surface area contributed by atoms with E-state index in [0.29, 0.717) is 11.3 Å². The highest BCUT2D eigenvalue weighted by molar-refractivity contribution is 7.71. The molecule has 2 rings (SSSR count). The number of H-pyrrole nitrogens is 1. The van der Waals surface area contributed by atoms with Gasteiger partial charge in [0.25, 0.3) is 0 Å². The van der Waals surface area contributed by atoms with Crippen LogP contribution in [0.15, 0.2) is 18.3 Å². The molecule has 0 saturated heterocycles. The third-order valence-corrected chi connectivity index (χ3v) is 2.51. The van der Waals surface area contributed by atoms with Crippen LogP contribution in [0.3, 0.4) is 0 Å². The Morgan fingerprint density at radius 1 is 1.53 bits per heavy atom. The molecular formula is C9H11N5S. The maximum Gasteiger partial charge on any atom is 0.238 e. The average Bonchev–Trinajstić information content (AvgIpc) is 2.65. The number of nitrogens with one attached hydrogen (secondary N) is 1. The summed E-state index contributed by atoms with van der Waals surface area (Å²) >= 11 is 4.99. The Morgan fingerprint density at radius 2 is 2.40 bits per heavy atom. The Hall–Kier alpha value is -1.56. The van der Waals surface area contributed by atoms with Gasteiger partial charge in [0, 0.05) is 6.20 Å². The quantitative estimate of drug-likeness (QED) is 0.795. The fourth-order valence-corrected chi connectivity index (χ4v) is 1.55. The van der Waals surface area contributed by atoms with E-state index in [1.165, 1.54) is 5.56 Å². The number of rotatable bonds is 3. The van der Waals surface area contributed by atoms with Gasteiger partial charge in [0.2, 0.25) is 4.77 Å². The molecule has 2 aromatic heterocycles. The number of aromatic nitrogens is 5. The number of aromatic amines is 1. The first-order valence-corrected chi connectivity index (χ1v) is 5.12. The van der Waals surface area contributed by atoms with Gasteiger partial charge in [-0.25, -0.2) is 4.68 Å². The molecule has 0 aliphatic carbocycles. The van der Waals surface area contributed by atoms with Gasteiger partial charge in [-0.05, 0) is 30.3 Å². The molecule has 15 heavy (non-hydrogen) atoms. The lowest BCUT2D eigenvalue weighted by Crippen LogP contribution is -2.06. The molecule has 0 unspecified atom stereocenters. The molecular weight excluding hydrogens is 210 g/mol. The van der Waals surface area contributed by atoms with Gasteiger partial charge in [-0.3, -0.25) is 4.98 Å². The van der Waals surface area contributed by atoms with Crippen LogP contribution < -0.4 is 0 Å². The Labute approximate surface area is 92.1 Å². The molecule has 0 aliphatic rings. The Kier molecular flexibility index (Phi) is 2.86. The SMILES string of the molecule is CCc1cccnc1Cn1[nH]nnc1=S. The van der Waals surface area contributed by atoms with Crippen molar-refractivity contribution in [2.75, 3.05) is 0 Å². The van der Waals surface area contributed by atoms with Crippen molar-refractivity contribution in [3.8, 4) is 0 Å². The van der Waals surface area contributed by atoms with Crippen molar-refractivity contribution in [2.24, 2.45) is 0 Å². The van der Waals surface area contributed by atoms with Crippen molar-refractivity contribution in [1.82, 2.24) is 25.2 Å². The molecule has 0 aliphatic heterocycles. The van der Waals surface area contributed by atoms with Crippen LogP contribution in [0.1, 0.15) is 18.2 Å². The van der Waals surface area contributed by atoms with Gasteiger partial charge < -0.3 is 0 Å². The standard InChI is InChI=1S/C9H11N5S/c1-2-7-4-3-5-10-8(7)6-14-9(15)11-12-13-14/h3-5H,2,6H2,1H3,(H,11,13,15). The molecule has 2 aromatic rings. The monoisotopic (exact) mass is 221 g/mol. The average molecular weight is 221 g/mol. The van der Waals surface area contributed by atoms with Crippen LogP contribution in [0.4, 0.5) is 0 Å². The first-order chi connectivity index (χ1) is 7.31. The number of hydrogen-bond acceptors (Lipinski definition) is 4. The fraction of sp³-hybridized carbons (Fsp3) is 0.333. The normalized spacial score (nSPS) is 10.5. The van der Waals surface area contributed by atoms with Gasteiger partial charge in [0.05, 0.1) is 12.2 Å². The zero-order valence-corrected chi connectivity index (χ0v) is 9.16. The lowest BCUT2D eigenvalue weighted by molar-refractivity contribution is 0.627. The van der Waals surface area contributed by atoms with E-state index in [-0.39, 0.29) is 0 Å². The summed E-state index contributed by atoms with van der Waals surface area (Å²) in [4.78, 5) is 4.32. The number of aryl methyl sites for hydroxylation is 1. The van der Waals surface area contributed by atoms with E-state index in [0.717, 1.165) is 12.1 Å². The lowest BCUT2D eigenvalue weighted by Gasteiger charge is -2.05. The van der Waals surface area contributed by atoms with E-state index >= 15 is 0 Å². The molecule has 0 aromatic carbocycles. The summed E-state index contributed by atoms with van der Waals surface area (Å²) in [7, 11) is 0. The van der Waals surface area contributed by atoms with Crippen molar-refractivity contribution >= 4 is 12.2 Å². The Morgan fingerprint density at radius 3 is 3.07 bits per heavy atom. The van der Waals surface area contributed by atoms with E-state index in [2.05, 4.69) is 33.5 Å². The number of pyridine rings is 1. The summed E-state index contributed by atoms with van der Waals surface area (Å²) in [5.41, 5.74) is 2.22. The first-order valence-electron chi connectivity index (χ1n) is 4.72. The predicted molar refractivity (Wildman–Crippen MR) is 57.9 cm³/mol. The second kappa shape index (κ2) is 4.31. The molecule has 0 fully saturated rings. The van der Waals surface area contributed by atoms with Crippen LogP contribution in [-0.2, 0) is 13.0 Å². The topological polar surface area (TPSA) is 59.4 Å². The highest BCUT2D eigenvalue weighted by Gasteiger charge is 2.03. The van der Waals surface area contributed by atoms with E-state index < -0.39 is 0 Å². The molecule has 78 valence electrons. The van der Waals surface area contributed by atoms with Crippen LogP contribution >= 0.6 is 12.2 Å². The van der Waals surface area contributed by atoms with Crippen molar-refractivity contribution < 1.29 is 0 Å². The summed E-state index contributed by atoms with van der Waals surface area (Å²) in [6, 6.07) is 4.00. The van der Waals surface area contributed by atoms with Crippen LogP contribution in [0, 0.1) is 4.77 Å². The Balaban J connectivity index is 2.32. The van der Waals surface area contributed by atoms with Gasteiger partial charge >= 0.3 is 0 Å². The largest absolute Gasteiger partial charge is 0.259 e. The summed E-state index contributed by atoms with van der Waals surface area (Å²) in [5, 5.41) is 10.1. The molecule has 5 nitrogen and oxygen atoms in total. The van der Waals surface area contributed by atoms with E-state index in [1.807, 2.05) is 6.07 Å². The highest BCUT2D eigenvalue weighted by Crippen LogP contribution is 2.07. The molecule has 0 spiro atoms. The maximum absolute atomic E-state index is 4.99. The van der Waals surface area contributed by atoms with Crippen LogP contribution in [0.25, 0.3) is 0 Å². The lowest BCUT2D eigenvalue weighted by atomic mass is 10.1. The summed E-state index contributed by atoms with van der Waals surface area (Å²) in [6.45, 7) is 2.70. The highest BCUT2D eigenvalue weighted by atomic mass is 32.1. The minimum atomic E-state index is 0.447. The van der Waals surface area contributed by atoms with Gasteiger partial charge in [0.15, 0.2) is 0 Å². The maximum atomic E-state index is 4.99. The van der Waals surface area contributed by atoms with Crippen LogP contribution in [0.2, 0.25) is 0 Å². The van der Waals surface area contributed by atoms with Gasteiger partial charge in [-0.1, -0.05) is 23.3 Å². The third-order valence-electron chi connectivity index (χ3n) is 2.21. The van der Waals surface area contributed by atoms with E-state index in [4.69, 9.17) is 12.2 Å². The van der Waals surface area contributed by atoms with Crippen LogP contribution in [-0.4, -0.2) is 25.2 Å². The molecule has 0 atom stereocenters. The van der Waals surface area contributed by atoms with Gasteiger partial charge in [-0.15, -0.1) is 0 Å². The number of hydrogen-bond donors (Lipinski definition) is 1. The van der Waals surface area contributed by atoms with E-state index in [1.54, 1.807) is 10.9 Å².